The molecule has 5 heteroatoms. The maximum Gasteiger partial charge on any atom is 0.227 e. The molecular formula is C17H27ClN2O2. The van der Waals surface area contributed by atoms with Crippen LogP contribution in [0.25, 0.3) is 0 Å². The van der Waals surface area contributed by atoms with Crippen LogP contribution >= 0.6 is 12.4 Å². The average Bonchev–Trinajstić information content (AvgIpc) is 2.53. The third-order valence-electron chi connectivity index (χ3n) is 3.99. The summed E-state index contributed by atoms with van der Waals surface area (Å²) in [6, 6.07) is 7.67. The van der Waals surface area contributed by atoms with Gasteiger partial charge >= 0.3 is 0 Å². The molecule has 4 nitrogen and oxygen atoms in total. The van der Waals surface area contributed by atoms with Gasteiger partial charge in [0.25, 0.3) is 0 Å². The topological polar surface area (TPSA) is 64.3 Å². The predicted octanol–water partition coefficient (Wildman–Crippen LogP) is 3.05. The van der Waals surface area contributed by atoms with Crippen LogP contribution in [0.4, 0.5) is 0 Å². The van der Waals surface area contributed by atoms with Crippen LogP contribution in [0.2, 0.25) is 0 Å². The molecule has 0 bridgehead atoms. The van der Waals surface area contributed by atoms with Gasteiger partial charge in [-0.05, 0) is 18.9 Å². The van der Waals surface area contributed by atoms with Gasteiger partial charge in [0.2, 0.25) is 5.91 Å². The Morgan fingerprint density at radius 3 is 2.55 bits per heavy atom. The molecule has 124 valence electrons. The van der Waals surface area contributed by atoms with E-state index in [9.17, 15) is 4.79 Å². The summed E-state index contributed by atoms with van der Waals surface area (Å²) >= 11 is 0. The van der Waals surface area contributed by atoms with Crippen molar-refractivity contribution in [2.24, 2.45) is 11.1 Å². The molecule has 0 aliphatic heterocycles. The lowest BCUT2D eigenvalue weighted by molar-refractivity contribution is -0.131. The molecule has 1 amide bonds. The van der Waals surface area contributed by atoms with Crippen molar-refractivity contribution in [2.75, 3.05) is 13.2 Å². The average molecular weight is 327 g/mol. The predicted molar refractivity (Wildman–Crippen MR) is 93.3 cm³/mol. The number of nitrogens with two attached hydrogens (primary N) is 1. The minimum absolute atomic E-state index is 0. The Kier molecular flexibility index (Phi) is 9.54. The van der Waals surface area contributed by atoms with Crippen LogP contribution < -0.4 is 15.8 Å². The van der Waals surface area contributed by atoms with E-state index in [0.717, 1.165) is 24.2 Å². The van der Waals surface area contributed by atoms with Crippen LogP contribution in [0.1, 0.15) is 32.3 Å². The SMILES string of the molecule is C=CCOc1ccccc1CNC(=O)C(CC)(CC)CN.Cl. The van der Waals surface area contributed by atoms with Crippen molar-refractivity contribution in [1.29, 1.82) is 0 Å². The summed E-state index contributed by atoms with van der Waals surface area (Å²) in [6.07, 6.45) is 3.17. The van der Waals surface area contributed by atoms with Crippen molar-refractivity contribution in [1.82, 2.24) is 5.32 Å². The molecule has 0 spiro atoms. The highest BCUT2D eigenvalue weighted by molar-refractivity contribution is 5.85. The lowest BCUT2D eigenvalue weighted by Crippen LogP contribution is -2.45. The highest BCUT2D eigenvalue weighted by atomic mass is 35.5. The van der Waals surface area contributed by atoms with E-state index in [1.165, 1.54) is 0 Å². The van der Waals surface area contributed by atoms with E-state index in [1.54, 1.807) is 6.08 Å². The number of carbonyl (C=O) groups is 1. The normalized spacial score (nSPS) is 10.5. The minimum Gasteiger partial charge on any atom is -0.489 e. The molecule has 0 aromatic heterocycles. The highest BCUT2D eigenvalue weighted by Gasteiger charge is 2.33. The molecule has 0 heterocycles. The van der Waals surface area contributed by atoms with Gasteiger partial charge in [0.1, 0.15) is 12.4 Å². The number of amides is 1. The van der Waals surface area contributed by atoms with Crippen LogP contribution in [0, 0.1) is 5.41 Å². The van der Waals surface area contributed by atoms with Crippen molar-refractivity contribution in [3.63, 3.8) is 0 Å². The fourth-order valence-electron chi connectivity index (χ4n) is 2.25. The number of carbonyl (C=O) groups excluding carboxylic acids is 1. The van der Waals surface area contributed by atoms with Crippen LogP contribution in [0.5, 0.6) is 5.75 Å². The molecule has 1 rings (SSSR count). The van der Waals surface area contributed by atoms with Gasteiger partial charge in [-0.2, -0.15) is 0 Å². The molecule has 1 aromatic rings. The van der Waals surface area contributed by atoms with Crippen LogP contribution in [-0.2, 0) is 11.3 Å². The van der Waals surface area contributed by atoms with Gasteiger partial charge in [0, 0.05) is 18.7 Å². The Bertz CT molecular complexity index is 465. The van der Waals surface area contributed by atoms with Crippen LogP contribution in [0.15, 0.2) is 36.9 Å². The van der Waals surface area contributed by atoms with E-state index in [1.807, 2.05) is 38.1 Å². The number of benzene rings is 1. The first-order valence-corrected chi connectivity index (χ1v) is 7.43. The molecule has 0 saturated heterocycles. The summed E-state index contributed by atoms with van der Waals surface area (Å²) < 4.78 is 5.59. The van der Waals surface area contributed by atoms with Gasteiger partial charge in [-0.15, -0.1) is 12.4 Å². The number of para-hydroxylation sites is 1. The summed E-state index contributed by atoms with van der Waals surface area (Å²) in [6.45, 7) is 8.88. The van der Waals surface area contributed by atoms with Gasteiger partial charge in [-0.25, -0.2) is 0 Å². The van der Waals surface area contributed by atoms with Gasteiger partial charge < -0.3 is 15.8 Å². The Balaban J connectivity index is 0.00000441. The zero-order valence-electron chi connectivity index (χ0n) is 13.4. The van der Waals surface area contributed by atoms with Crippen LogP contribution in [0.3, 0.4) is 0 Å². The van der Waals surface area contributed by atoms with E-state index in [-0.39, 0.29) is 18.3 Å². The van der Waals surface area contributed by atoms with Gasteiger partial charge in [-0.1, -0.05) is 44.7 Å². The number of halogens is 1. The largest absolute Gasteiger partial charge is 0.489 e. The minimum atomic E-state index is -0.475. The lowest BCUT2D eigenvalue weighted by atomic mass is 9.81. The molecule has 0 fully saturated rings. The Hall–Kier alpha value is -1.52. The summed E-state index contributed by atoms with van der Waals surface area (Å²) in [5.41, 5.74) is 6.27. The number of nitrogens with one attached hydrogen (secondary N) is 1. The molecule has 0 unspecified atom stereocenters. The maximum atomic E-state index is 12.4. The smallest absolute Gasteiger partial charge is 0.227 e. The summed E-state index contributed by atoms with van der Waals surface area (Å²) in [7, 11) is 0. The molecule has 0 aliphatic carbocycles. The second kappa shape index (κ2) is 10.2. The lowest BCUT2D eigenvalue weighted by Gasteiger charge is -2.28. The summed E-state index contributed by atoms with van der Waals surface area (Å²) in [5, 5.41) is 2.98. The first-order valence-electron chi connectivity index (χ1n) is 7.43. The fourth-order valence-corrected chi connectivity index (χ4v) is 2.25. The van der Waals surface area contributed by atoms with Crippen LogP contribution in [-0.4, -0.2) is 19.1 Å². The van der Waals surface area contributed by atoms with Crippen molar-refractivity contribution in [2.45, 2.75) is 33.2 Å². The molecule has 3 N–H and O–H groups in total. The Morgan fingerprint density at radius 1 is 1.36 bits per heavy atom. The molecule has 22 heavy (non-hydrogen) atoms. The number of hydrogen-bond donors (Lipinski definition) is 2. The van der Waals surface area contributed by atoms with Gasteiger partial charge in [0.15, 0.2) is 0 Å². The molecule has 1 aromatic carbocycles. The Labute approximate surface area is 139 Å². The molecular weight excluding hydrogens is 300 g/mol. The van der Waals surface area contributed by atoms with E-state index in [0.29, 0.717) is 19.7 Å². The third kappa shape index (κ3) is 5.04. The zero-order chi connectivity index (χ0) is 15.7. The second-order valence-corrected chi connectivity index (χ2v) is 5.08. The monoisotopic (exact) mass is 326 g/mol. The van der Waals surface area contributed by atoms with E-state index < -0.39 is 5.41 Å². The number of hydrogen-bond acceptors (Lipinski definition) is 3. The standard InChI is InChI=1S/C17H26N2O2.ClH/c1-4-11-21-15-10-8-7-9-14(15)12-19-16(20)17(5-2,6-3)13-18;/h4,7-10H,1,5-6,11-13,18H2,2-3H3,(H,19,20);1H. The maximum absolute atomic E-state index is 12.4. The Morgan fingerprint density at radius 2 is 2.00 bits per heavy atom. The molecule has 0 radical (unpaired) electrons. The molecule has 0 aliphatic rings. The van der Waals surface area contributed by atoms with Crippen molar-refractivity contribution in [3.8, 4) is 5.75 Å². The number of rotatable bonds is 9. The van der Waals surface area contributed by atoms with Gasteiger partial charge in [0.05, 0.1) is 5.41 Å². The molecule has 0 saturated carbocycles. The second-order valence-electron chi connectivity index (χ2n) is 5.08. The fraction of sp³-hybridized carbons (Fsp3) is 0.471. The van der Waals surface area contributed by atoms with Gasteiger partial charge in [-0.3, -0.25) is 4.79 Å². The zero-order valence-corrected chi connectivity index (χ0v) is 14.2. The first-order chi connectivity index (χ1) is 10.1. The highest BCUT2D eigenvalue weighted by Crippen LogP contribution is 2.25. The summed E-state index contributed by atoms with van der Waals surface area (Å²) in [4.78, 5) is 12.4. The quantitative estimate of drug-likeness (QED) is 0.685. The number of ether oxygens (including phenoxy) is 1. The van der Waals surface area contributed by atoms with E-state index >= 15 is 0 Å². The summed E-state index contributed by atoms with van der Waals surface area (Å²) in [5.74, 6) is 0.776. The van der Waals surface area contributed by atoms with Crippen molar-refractivity contribution < 1.29 is 9.53 Å². The van der Waals surface area contributed by atoms with Crippen molar-refractivity contribution >= 4 is 18.3 Å². The molecule has 0 atom stereocenters. The first kappa shape index (κ1) is 20.5. The van der Waals surface area contributed by atoms with E-state index in [2.05, 4.69) is 11.9 Å². The van der Waals surface area contributed by atoms with Crippen molar-refractivity contribution in [3.05, 3.63) is 42.5 Å². The third-order valence-corrected chi connectivity index (χ3v) is 3.99. The van der Waals surface area contributed by atoms with E-state index in [4.69, 9.17) is 10.5 Å².